The SMILES string of the molecule is O=c1/c(=C\c2ccc(-c3cccc(Cl)c3Cl)o2)sc2nc(Cc3ccccc3)nn12. The maximum absolute atomic E-state index is 12.7. The van der Waals surface area contributed by atoms with Gasteiger partial charge in [-0.15, -0.1) is 5.10 Å². The second-order valence-corrected chi connectivity index (χ2v) is 8.40. The number of aromatic nitrogens is 3. The third-order valence-electron chi connectivity index (χ3n) is 4.55. The van der Waals surface area contributed by atoms with E-state index < -0.39 is 0 Å². The second kappa shape index (κ2) is 7.72. The molecule has 5 rings (SSSR count). The monoisotopic (exact) mass is 453 g/mol. The summed E-state index contributed by atoms with van der Waals surface area (Å²) in [5.74, 6) is 1.73. The van der Waals surface area contributed by atoms with Gasteiger partial charge in [-0.3, -0.25) is 4.79 Å². The van der Waals surface area contributed by atoms with Crippen LogP contribution in [0.3, 0.4) is 0 Å². The van der Waals surface area contributed by atoms with Crippen LogP contribution in [0.2, 0.25) is 10.0 Å². The van der Waals surface area contributed by atoms with Crippen molar-refractivity contribution in [2.45, 2.75) is 6.42 Å². The number of furan rings is 1. The van der Waals surface area contributed by atoms with Gasteiger partial charge >= 0.3 is 0 Å². The lowest BCUT2D eigenvalue weighted by molar-refractivity contribution is 0.571. The number of thiazole rings is 1. The molecule has 3 heterocycles. The first-order chi connectivity index (χ1) is 14.6. The minimum Gasteiger partial charge on any atom is -0.457 e. The second-order valence-electron chi connectivity index (χ2n) is 6.60. The molecule has 0 radical (unpaired) electrons. The zero-order chi connectivity index (χ0) is 20.7. The summed E-state index contributed by atoms with van der Waals surface area (Å²) in [4.78, 5) is 17.8. The number of rotatable bonds is 4. The summed E-state index contributed by atoms with van der Waals surface area (Å²) < 4.78 is 7.69. The molecule has 0 unspecified atom stereocenters. The number of hydrogen-bond acceptors (Lipinski definition) is 5. The van der Waals surface area contributed by atoms with Crippen LogP contribution in [-0.4, -0.2) is 14.6 Å². The summed E-state index contributed by atoms with van der Waals surface area (Å²) in [6.45, 7) is 0. The van der Waals surface area contributed by atoms with Crippen LogP contribution in [0.5, 0.6) is 0 Å². The molecule has 0 saturated carbocycles. The molecule has 0 bridgehead atoms. The lowest BCUT2D eigenvalue weighted by atomic mass is 10.1. The fraction of sp³-hybridized carbons (Fsp3) is 0.0455. The van der Waals surface area contributed by atoms with Crippen LogP contribution in [0.25, 0.3) is 22.4 Å². The Balaban J connectivity index is 1.47. The fourth-order valence-electron chi connectivity index (χ4n) is 3.13. The predicted molar refractivity (Wildman–Crippen MR) is 119 cm³/mol. The van der Waals surface area contributed by atoms with Crippen molar-refractivity contribution in [2.24, 2.45) is 0 Å². The van der Waals surface area contributed by atoms with Crippen LogP contribution in [-0.2, 0) is 6.42 Å². The lowest BCUT2D eigenvalue weighted by Gasteiger charge is -2.01. The van der Waals surface area contributed by atoms with Gasteiger partial charge < -0.3 is 4.42 Å². The van der Waals surface area contributed by atoms with E-state index in [9.17, 15) is 4.79 Å². The van der Waals surface area contributed by atoms with Crippen molar-refractivity contribution >= 4 is 45.6 Å². The lowest BCUT2D eigenvalue weighted by Crippen LogP contribution is -2.23. The van der Waals surface area contributed by atoms with E-state index in [2.05, 4.69) is 10.1 Å². The van der Waals surface area contributed by atoms with Gasteiger partial charge in [-0.25, -0.2) is 4.98 Å². The van der Waals surface area contributed by atoms with Crippen molar-refractivity contribution in [1.29, 1.82) is 0 Å². The standard InChI is InChI=1S/C22H13Cl2N3O2S/c23-16-8-4-7-15(20(16)24)17-10-9-14(29-17)12-18-21(28)27-22(30-18)25-19(26-27)11-13-5-2-1-3-6-13/h1-10,12H,11H2/b18-12+. The Morgan fingerprint density at radius 3 is 2.67 bits per heavy atom. The molecular weight excluding hydrogens is 441 g/mol. The topological polar surface area (TPSA) is 60.4 Å². The van der Waals surface area contributed by atoms with E-state index in [1.807, 2.05) is 36.4 Å². The maximum atomic E-state index is 12.7. The van der Waals surface area contributed by atoms with E-state index >= 15 is 0 Å². The Labute approximate surface area is 184 Å². The third-order valence-corrected chi connectivity index (χ3v) is 6.33. The minimum absolute atomic E-state index is 0.222. The molecule has 0 aliphatic heterocycles. The van der Waals surface area contributed by atoms with Crippen LogP contribution in [0, 0.1) is 0 Å². The molecule has 0 spiro atoms. The first-order valence-corrected chi connectivity index (χ1v) is 10.6. The molecule has 0 saturated heterocycles. The quantitative estimate of drug-likeness (QED) is 0.389. The van der Waals surface area contributed by atoms with Gasteiger partial charge in [-0.2, -0.15) is 4.52 Å². The molecule has 5 nitrogen and oxygen atoms in total. The molecule has 3 aromatic heterocycles. The van der Waals surface area contributed by atoms with Crippen LogP contribution in [0.15, 0.2) is 69.9 Å². The van der Waals surface area contributed by atoms with E-state index in [1.54, 1.807) is 30.3 Å². The average molecular weight is 454 g/mol. The van der Waals surface area contributed by atoms with E-state index in [1.165, 1.54) is 15.9 Å². The smallest absolute Gasteiger partial charge is 0.291 e. The van der Waals surface area contributed by atoms with Crippen molar-refractivity contribution in [1.82, 2.24) is 14.6 Å². The van der Waals surface area contributed by atoms with E-state index in [0.29, 0.717) is 48.9 Å². The van der Waals surface area contributed by atoms with Crippen LogP contribution in [0.4, 0.5) is 0 Å². The Morgan fingerprint density at radius 1 is 1.03 bits per heavy atom. The summed E-state index contributed by atoms with van der Waals surface area (Å²) in [6, 6.07) is 18.8. The van der Waals surface area contributed by atoms with Crippen molar-refractivity contribution in [2.75, 3.05) is 0 Å². The largest absolute Gasteiger partial charge is 0.457 e. The Kier molecular flexibility index (Phi) is 4.90. The first-order valence-electron chi connectivity index (χ1n) is 9.07. The van der Waals surface area contributed by atoms with E-state index in [-0.39, 0.29) is 5.56 Å². The van der Waals surface area contributed by atoms with Gasteiger partial charge in [0.15, 0.2) is 5.82 Å². The molecule has 5 aromatic rings. The highest BCUT2D eigenvalue weighted by molar-refractivity contribution is 7.15. The normalized spacial score (nSPS) is 12.1. The molecule has 30 heavy (non-hydrogen) atoms. The summed E-state index contributed by atoms with van der Waals surface area (Å²) in [6.07, 6.45) is 2.26. The highest BCUT2D eigenvalue weighted by Crippen LogP contribution is 2.34. The van der Waals surface area contributed by atoms with Crippen LogP contribution < -0.4 is 10.1 Å². The number of benzene rings is 2. The number of halogens is 2. The summed E-state index contributed by atoms with van der Waals surface area (Å²) >= 11 is 13.6. The van der Waals surface area contributed by atoms with E-state index in [4.69, 9.17) is 27.6 Å². The molecule has 0 amide bonds. The van der Waals surface area contributed by atoms with Gasteiger partial charge in [-0.05, 0) is 29.8 Å². The maximum Gasteiger partial charge on any atom is 0.291 e. The molecular formula is C22H13Cl2N3O2S. The highest BCUT2D eigenvalue weighted by Gasteiger charge is 2.13. The highest BCUT2D eigenvalue weighted by atomic mass is 35.5. The summed E-state index contributed by atoms with van der Waals surface area (Å²) in [5.41, 5.74) is 1.57. The van der Waals surface area contributed by atoms with Crippen molar-refractivity contribution < 1.29 is 4.42 Å². The molecule has 0 atom stereocenters. The fourth-order valence-corrected chi connectivity index (χ4v) is 4.43. The molecule has 0 aliphatic rings. The average Bonchev–Trinajstić information content (AvgIpc) is 3.43. The van der Waals surface area contributed by atoms with Gasteiger partial charge in [0.05, 0.1) is 10.0 Å². The minimum atomic E-state index is -0.222. The zero-order valence-corrected chi connectivity index (χ0v) is 17.7. The number of hydrogen-bond donors (Lipinski definition) is 0. The van der Waals surface area contributed by atoms with Crippen LogP contribution in [0.1, 0.15) is 17.1 Å². The molecule has 148 valence electrons. The number of fused-ring (bicyclic) bond motifs is 1. The Bertz CT molecular complexity index is 1470. The van der Waals surface area contributed by atoms with Gasteiger partial charge in [0.2, 0.25) is 4.96 Å². The van der Waals surface area contributed by atoms with Crippen LogP contribution >= 0.6 is 34.5 Å². The first kappa shape index (κ1) is 19.1. The van der Waals surface area contributed by atoms with Gasteiger partial charge in [0.1, 0.15) is 16.1 Å². The molecule has 0 aliphatic carbocycles. The van der Waals surface area contributed by atoms with Crippen molar-refractivity contribution in [3.05, 3.63) is 103 Å². The van der Waals surface area contributed by atoms with Gasteiger partial charge in [0, 0.05) is 18.1 Å². The summed E-state index contributed by atoms with van der Waals surface area (Å²) in [5, 5.41) is 5.24. The predicted octanol–water partition coefficient (Wildman–Crippen LogP) is 4.86. The molecule has 0 fully saturated rings. The zero-order valence-electron chi connectivity index (χ0n) is 15.4. The Morgan fingerprint density at radius 2 is 1.87 bits per heavy atom. The van der Waals surface area contributed by atoms with Gasteiger partial charge in [0.25, 0.3) is 5.56 Å². The van der Waals surface area contributed by atoms with E-state index in [0.717, 1.165) is 5.56 Å². The third kappa shape index (κ3) is 3.54. The van der Waals surface area contributed by atoms with Gasteiger partial charge in [-0.1, -0.05) is 70.9 Å². The molecule has 8 heteroatoms. The summed E-state index contributed by atoms with van der Waals surface area (Å²) in [7, 11) is 0. The molecule has 0 N–H and O–H groups in total. The molecule has 2 aromatic carbocycles. The number of nitrogens with zero attached hydrogens (tertiary/aromatic N) is 3. The van der Waals surface area contributed by atoms with Crippen molar-refractivity contribution in [3.8, 4) is 11.3 Å². The van der Waals surface area contributed by atoms with Crippen molar-refractivity contribution in [3.63, 3.8) is 0 Å². The Hall–Kier alpha value is -2.93.